The number of nitrogens with one attached hydrogen (secondary N) is 2. The molecule has 1 aromatic heterocycles. The molecule has 0 aliphatic carbocycles. The molecule has 0 saturated heterocycles. The van der Waals surface area contributed by atoms with Crippen molar-refractivity contribution in [1.29, 1.82) is 0 Å². The molecule has 0 spiro atoms. The van der Waals surface area contributed by atoms with Crippen LogP contribution in [-0.4, -0.2) is 37.1 Å². The number of benzene rings is 2. The molecule has 0 fully saturated rings. The molecule has 1 amide bonds. The molecule has 4 rings (SSSR count). The van der Waals surface area contributed by atoms with Crippen molar-refractivity contribution in [3.63, 3.8) is 0 Å². The molecule has 9 nitrogen and oxygen atoms in total. The van der Waals surface area contributed by atoms with Crippen molar-refractivity contribution < 1.29 is 22.7 Å². The fourth-order valence-corrected chi connectivity index (χ4v) is 4.08. The first-order valence-electron chi connectivity index (χ1n) is 9.08. The molecule has 2 N–H and O–H groups in total. The Kier molecular flexibility index (Phi) is 4.89. The summed E-state index contributed by atoms with van der Waals surface area (Å²) < 4.78 is 37.8. The van der Waals surface area contributed by atoms with Gasteiger partial charge in [-0.05, 0) is 44.2 Å². The van der Waals surface area contributed by atoms with E-state index in [9.17, 15) is 13.2 Å². The number of imidazole rings is 1. The first kappa shape index (κ1) is 19.2. The van der Waals surface area contributed by atoms with E-state index in [1.54, 1.807) is 18.2 Å². The van der Waals surface area contributed by atoms with E-state index in [-0.39, 0.29) is 4.90 Å². The molecule has 1 aliphatic heterocycles. The average molecular weight is 416 g/mol. The Hall–Kier alpha value is -3.11. The van der Waals surface area contributed by atoms with E-state index in [2.05, 4.69) is 15.2 Å². The van der Waals surface area contributed by atoms with Crippen LogP contribution in [0.4, 0.5) is 0 Å². The molecule has 10 heteroatoms. The molecule has 0 radical (unpaired) electrons. The standard InChI is InChI=1S/C19H20N4O5S/c1-3-23-12(2)20-15-10-13(4-6-16(15)23)19(24)21-22-29(25,26)14-5-7-17-18(11-14)28-9-8-27-17/h4-7,10-11,22H,3,8-9H2,1-2H3,(H,21,24). The summed E-state index contributed by atoms with van der Waals surface area (Å²) in [5.74, 6) is 1.09. The number of nitrogens with zero attached hydrogens (tertiary/aromatic N) is 2. The maximum absolute atomic E-state index is 12.5. The Morgan fingerprint density at radius 3 is 2.66 bits per heavy atom. The molecule has 29 heavy (non-hydrogen) atoms. The topological polar surface area (TPSA) is 112 Å². The summed E-state index contributed by atoms with van der Waals surface area (Å²) in [7, 11) is -3.98. The van der Waals surface area contributed by atoms with Gasteiger partial charge < -0.3 is 14.0 Å². The lowest BCUT2D eigenvalue weighted by Gasteiger charge is -2.19. The van der Waals surface area contributed by atoms with Gasteiger partial charge in [0.05, 0.1) is 15.9 Å². The van der Waals surface area contributed by atoms with Gasteiger partial charge in [0.1, 0.15) is 19.0 Å². The van der Waals surface area contributed by atoms with Crippen LogP contribution in [0.5, 0.6) is 11.5 Å². The van der Waals surface area contributed by atoms with Crippen molar-refractivity contribution in [2.24, 2.45) is 0 Å². The van der Waals surface area contributed by atoms with Gasteiger partial charge in [0.25, 0.3) is 15.9 Å². The number of amides is 1. The van der Waals surface area contributed by atoms with Crippen molar-refractivity contribution in [2.75, 3.05) is 13.2 Å². The number of aromatic nitrogens is 2. The Morgan fingerprint density at radius 1 is 1.14 bits per heavy atom. The van der Waals surface area contributed by atoms with Crippen LogP contribution in [0.2, 0.25) is 0 Å². The van der Waals surface area contributed by atoms with Crippen LogP contribution in [0.25, 0.3) is 11.0 Å². The number of ether oxygens (including phenoxy) is 2. The number of hydrazine groups is 1. The molecule has 0 unspecified atom stereocenters. The largest absolute Gasteiger partial charge is 0.486 e. The van der Waals surface area contributed by atoms with E-state index in [4.69, 9.17) is 9.47 Å². The predicted octanol–water partition coefficient (Wildman–Crippen LogP) is 1.76. The highest BCUT2D eigenvalue weighted by Crippen LogP contribution is 2.32. The number of hydrogen-bond donors (Lipinski definition) is 2. The van der Waals surface area contributed by atoms with Gasteiger partial charge in [-0.25, -0.2) is 13.4 Å². The lowest BCUT2D eigenvalue weighted by Crippen LogP contribution is -2.41. The van der Waals surface area contributed by atoms with Crippen LogP contribution >= 0.6 is 0 Å². The van der Waals surface area contributed by atoms with Crippen LogP contribution in [0.3, 0.4) is 0 Å². The van der Waals surface area contributed by atoms with E-state index in [0.29, 0.717) is 35.8 Å². The van der Waals surface area contributed by atoms with Crippen molar-refractivity contribution in [1.82, 2.24) is 19.8 Å². The summed E-state index contributed by atoms with van der Waals surface area (Å²) in [4.78, 5) is 18.9. The fourth-order valence-electron chi connectivity index (χ4n) is 3.23. The average Bonchev–Trinajstić information content (AvgIpc) is 3.05. The number of aryl methyl sites for hydroxylation is 2. The fraction of sp³-hybridized carbons (Fsp3) is 0.263. The van der Waals surface area contributed by atoms with Gasteiger partial charge >= 0.3 is 0 Å². The third kappa shape index (κ3) is 3.64. The highest BCUT2D eigenvalue weighted by molar-refractivity contribution is 7.89. The molecular weight excluding hydrogens is 396 g/mol. The number of carbonyl (C=O) groups excluding carboxylic acids is 1. The van der Waals surface area contributed by atoms with Gasteiger partial charge in [-0.3, -0.25) is 10.2 Å². The van der Waals surface area contributed by atoms with E-state index in [1.807, 2.05) is 18.4 Å². The number of carbonyl (C=O) groups is 1. The van der Waals surface area contributed by atoms with Crippen LogP contribution in [-0.2, 0) is 16.6 Å². The molecular formula is C19H20N4O5S. The highest BCUT2D eigenvalue weighted by atomic mass is 32.2. The molecule has 0 atom stereocenters. The molecule has 2 aromatic carbocycles. The normalized spacial score (nSPS) is 13.4. The van der Waals surface area contributed by atoms with Crippen molar-refractivity contribution in [3.05, 3.63) is 47.8 Å². The minimum atomic E-state index is -3.98. The summed E-state index contributed by atoms with van der Waals surface area (Å²) in [6, 6.07) is 9.31. The van der Waals surface area contributed by atoms with E-state index < -0.39 is 15.9 Å². The van der Waals surface area contributed by atoms with Gasteiger partial charge in [0, 0.05) is 18.2 Å². The number of rotatable bonds is 5. The molecule has 0 bridgehead atoms. The maximum Gasteiger partial charge on any atom is 0.266 e. The summed E-state index contributed by atoms with van der Waals surface area (Å²) in [6.07, 6.45) is 0. The molecule has 1 aliphatic rings. The lowest BCUT2D eigenvalue weighted by molar-refractivity contribution is 0.0945. The predicted molar refractivity (Wildman–Crippen MR) is 105 cm³/mol. The second-order valence-electron chi connectivity index (χ2n) is 6.47. The van der Waals surface area contributed by atoms with Gasteiger partial charge in [0.15, 0.2) is 11.5 Å². The van der Waals surface area contributed by atoms with Crippen LogP contribution in [0, 0.1) is 6.92 Å². The van der Waals surface area contributed by atoms with Crippen molar-refractivity contribution >= 4 is 27.0 Å². The van der Waals surface area contributed by atoms with Gasteiger partial charge in [-0.2, -0.15) is 0 Å². The van der Waals surface area contributed by atoms with Crippen molar-refractivity contribution in [3.8, 4) is 11.5 Å². The second kappa shape index (κ2) is 7.37. The Labute approximate surface area is 167 Å². The number of hydrogen-bond acceptors (Lipinski definition) is 6. The van der Waals surface area contributed by atoms with Crippen LogP contribution < -0.4 is 19.7 Å². The Morgan fingerprint density at radius 2 is 1.90 bits per heavy atom. The van der Waals surface area contributed by atoms with E-state index >= 15 is 0 Å². The SMILES string of the molecule is CCn1c(C)nc2cc(C(=O)NNS(=O)(=O)c3ccc4c(c3)OCCO4)ccc21. The monoisotopic (exact) mass is 416 g/mol. The zero-order valence-electron chi connectivity index (χ0n) is 15.9. The molecule has 152 valence electrons. The maximum atomic E-state index is 12.5. The van der Waals surface area contributed by atoms with Crippen LogP contribution in [0.1, 0.15) is 23.1 Å². The molecule has 3 aromatic rings. The minimum Gasteiger partial charge on any atom is -0.486 e. The van der Waals surface area contributed by atoms with Gasteiger partial charge in [-0.15, -0.1) is 4.83 Å². The smallest absolute Gasteiger partial charge is 0.266 e. The van der Waals surface area contributed by atoms with Gasteiger partial charge in [0.2, 0.25) is 0 Å². The summed E-state index contributed by atoms with van der Waals surface area (Å²) >= 11 is 0. The van der Waals surface area contributed by atoms with E-state index in [0.717, 1.165) is 17.9 Å². The first-order valence-corrected chi connectivity index (χ1v) is 10.6. The quantitative estimate of drug-likeness (QED) is 0.613. The Balaban J connectivity index is 1.51. The number of sulfonamides is 1. The van der Waals surface area contributed by atoms with E-state index in [1.165, 1.54) is 18.2 Å². The summed E-state index contributed by atoms with van der Waals surface area (Å²) in [6.45, 7) is 5.43. The summed E-state index contributed by atoms with van der Waals surface area (Å²) in [5, 5.41) is 0. The zero-order chi connectivity index (χ0) is 20.6. The molecule has 0 saturated carbocycles. The van der Waals surface area contributed by atoms with Crippen LogP contribution in [0.15, 0.2) is 41.3 Å². The van der Waals surface area contributed by atoms with Gasteiger partial charge in [-0.1, -0.05) is 0 Å². The molecule has 2 heterocycles. The number of fused-ring (bicyclic) bond motifs is 2. The highest BCUT2D eigenvalue weighted by Gasteiger charge is 2.20. The first-order chi connectivity index (χ1) is 13.9. The minimum absolute atomic E-state index is 0.0465. The summed E-state index contributed by atoms with van der Waals surface area (Å²) in [5.41, 5.74) is 4.12. The third-order valence-electron chi connectivity index (χ3n) is 4.64. The second-order valence-corrected chi connectivity index (χ2v) is 8.15. The lowest BCUT2D eigenvalue weighted by atomic mass is 10.2. The zero-order valence-corrected chi connectivity index (χ0v) is 16.7. The Bertz CT molecular complexity index is 1200. The third-order valence-corrected chi connectivity index (χ3v) is 5.89. The van der Waals surface area contributed by atoms with Crippen molar-refractivity contribution in [2.45, 2.75) is 25.3 Å².